The third-order valence-electron chi connectivity index (χ3n) is 3.81. The second-order valence-corrected chi connectivity index (χ2v) is 6.35. The highest BCUT2D eigenvalue weighted by atomic mass is 19.4. The van der Waals surface area contributed by atoms with Gasteiger partial charge in [-0.2, -0.15) is 13.2 Å². The molecule has 0 saturated heterocycles. The first-order valence-electron chi connectivity index (χ1n) is 6.55. The fourth-order valence-electron chi connectivity index (χ4n) is 1.86. The zero-order valence-electron chi connectivity index (χ0n) is 12.2. The Bertz CT molecular complexity index is 460. The van der Waals surface area contributed by atoms with Crippen molar-refractivity contribution < 1.29 is 17.6 Å². The Morgan fingerprint density at radius 1 is 1.15 bits per heavy atom. The number of halogens is 4. The highest BCUT2D eigenvalue weighted by Crippen LogP contribution is 2.35. The molecule has 2 N–H and O–H groups in total. The highest BCUT2D eigenvalue weighted by molar-refractivity contribution is 5.29. The highest BCUT2D eigenvalue weighted by Gasteiger charge is 2.34. The maximum absolute atomic E-state index is 13.2. The normalized spacial score (nSPS) is 16.1. The number of nitrogens with two attached hydrogens (primary N) is 1. The maximum atomic E-state index is 13.2. The van der Waals surface area contributed by atoms with E-state index >= 15 is 0 Å². The Balaban J connectivity index is 2.98. The summed E-state index contributed by atoms with van der Waals surface area (Å²) in [4.78, 5) is 0. The monoisotopic (exact) mass is 291 g/mol. The van der Waals surface area contributed by atoms with Crippen LogP contribution in [0.4, 0.5) is 17.6 Å². The van der Waals surface area contributed by atoms with Crippen LogP contribution in [0.1, 0.15) is 51.3 Å². The molecule has 0 aliphatic carbocycles. The number of hydrogen-bond donors (Lipinski definition) is 1. The van der Waals surface area contributed by atoms with E-state index in [1.165, 1.54) is 6.07 Å². The van der Waals surface area contributed by atoms with Crippen LogP contribution in [0.5, 0.6) is 0 Å². The van der Waals surface area contributed by atoms with E-state index in [1.807, 2.05) is 6.92 Å². The van der Waals surface area contributed by atoms with Crippen LogP contribution >= 0.6 is 0 Å². The van der Waals surface area contributed by atoms with Gasteiger partial charge >= 0.3 is 6.18 Å². The molecule has 0 heterocycles. The van der Waals surface area contributed by atoms with E-state index in [2.05, 4.69) is 20.8 Å². The smallest absolute Gasteiger partial charge is 0.324 e. The summed E-state index contributed by atoms with van der Waals surface area (Å²) in [5, 5.41) is 0. The zero-order valence-corrected chi connectivity index (χ0v) is 12.2. The van der Waals surface area contributed by atoms with Gasteiger partial charge in [0, 0.05) is 6.04 Å². The second kappa shape index (κ2) is 5.72. The second-order valence-electron chi connectivity index (χ2n) is 6.35. The summed E-state index contributed by atoms with van der Waals surface area (Å²) in [6.07, 6.45) is -4.15. The van der Waals surface area contributed by atoms with Crippen molar-refractivity contribution >= 4 is 0 Å². The van der Waals surface area contributed by atoms with Crippen LogP contribution < -0.4 is 5.73 Å². The third-order valence-corrected chi connectivity index (χ3v) is 3.81. The molecule has 0 spiro atoms. The van der Waals surface area contributed by atoms with Crippen molar-refractivity contribution in [2.24, 2.45) is 17.1 Å². The molecule has 0 bridgehead atoms. The van der Waals surface area contributed by atoms with E-state index in [1.54, 1.807) is 0 Å². The molecule has 1 aromatic carbocycles. The standard InChI is InChI=1S/C15H21F4N/c1-9(14(2,3)4)7-13(20)10-5-6-12(16)11(8-10)15(17,18)19/h5-6,8-9,13H,7,20H2,1-4H3. The van der Waals surface area contributed by atoms with Crippen LogP contribution in [0.15, 0.2) is 18.2 Å². The van der Waals surface area contributed by atoms with Gasteiger partial charge in [0.15, 0.2) is 0 Å². The lowest BCUT2D eigenvalue weighted by Crippen LogP contribution is -2.23. The SMILES string of the molecule is CC(CC(N)c1ccc(F)c(C(F)(F)F)c1)C(C)(C)C. The van der Waals surface area contributed by atoms with E-state index in [9.17, 15) is 17.6 Å². The van der Waals surface area contributed by atoms with Gasteiger partial charge in [-0.15, -0.1) is 0 Å². The van der Waals surface area contributed by atoms with Crippen molar-refractivity contribution in [3.63, 3.8) is 0 Å². The predicted molar refractivity (Wildman–Crippen MR) is 71.6 cm³/mol. The van der Waals surface area contributed by atoms with Crippen LogP contribution in [-0.2, 0) is 6.18 Å². The number of hydrogen-bond acceptors (Lipinski definition) is 1. The van der Waals surface area contributed by atoms with Gasteiger partial charge in [0.1, 0.15) is 5.82 Å². The molecule has 0 saturated carbocycles. The molecule has 114 valence electrons. The molecule has 0 aromatic heterocycles. The number of rotatable bonds is 3. The van der Waals surface area contributed by atoms with Crippen molar-refractivity contribution in [1.82, 2.24) is 0 Å². The summed E-state index contributed by atoms with van der Waals surface area (Å²) in [6.45, 7) is 8.16. The van der Waals surface area contributed by atoms with Crippen molar-refractivity contribution in [3.8, 4) is 0 Å². The van der Waals surface area contributed by atoms with Gasteiger partial charge in [0.05, 0.1) is 5.56 Å². The van der Waals surface area contributed by atoms with Gasteiger partial charge in [-0.05, 0) is 35.4 Å². The summed E-state index contributed by atoms with van der Waals surface area (Å²) in [6, 6.07) is 2.44. The average molecular weight is 291 g/mol. The predicted octanol–water partition coefficient (Wildman–Crippen LogP) is 4.92. The minimum atomic E-state index is -4.70. The van der Waals surface area contributed by atoms with Crippen molar-refractivity contribution in [2.45, 2.75) is 46.3 Å². The lowest BCUT2D eigenvalue weighted by Gasteiger charge is -2.29. The Labute approximate surface area is 117 Å². The largest absolute Gasteiger partial charge is 0.419 e. The number of benzene rings is 1. The molecule has 20 heavy (non-hydrogen) atoms. The van der Waals surface area contributed by atoms with Gasteiger partial charge < -0.3 is 5.73 Å². The molecule has 2 unspecified atom stereocenters. The maximum Gasteiger partial charge on any atom is 0.419 e. The Hall–Kier alpha value is -1.10. The van der Waals surface area contributed by atoms with Crippen LogP contribution in [-0.4, -0.2) is 0 Å². The minimum absolute atomic E-state index is 0.0184. The summed E-state index contributed by atoms with van der Waals surface area (Å²) < 4.78 is 51.2. The molecule has 1 aromatic rings. The minimum Gasteiger partial charge on any atom is -0.324 e. The Kier molecular flexibility index (Phi) is 4.85. The Morgan fingerprint density at radius 3 is 2.15 bits per heavy atom. The summed E-state index contributed by atoms with van der Waals surface area (Å²) in [5.41, 5.74) is 5.04. The van der Waals surface area contributed by atoms with Crippen LogP contribution in [0.3, 0.4) is 0 Å². The summed E-state index contributed by atoms with van der Waals surface area (Å²) >= 11 is 0. The first-order chi connectivity index (χ1) is 8.93. The first kappa shape index (κ1) is 17.0. The average Bonchev–Trinajstić information content (AvgIpc) is 2.26. The van der Waals surface area contributed by atoms with Gasteiger partial charge in [0.2, 0.25) is 0 Å². The van der Waals surface area contributed by atoms with Crippen LogP contribution in [0.25, 0.3) is 0 Å². The van der Waals surface area contributed by atoms with E-state index in [4.69, 9.17) is 5.73 Å². The van der Waals surface area contributed by atoms with E-state index in [0.29, 0.717) is 12.0 Å². The lowest BCUT2D eigenvalue weighted by molar-refractivity contribution is -0.140. The van der Waals surface area contributed by atoms with Crippen molar-refractivity contribution in [1.29, 1.82) is 0 Å². The quantitative estimate of drug-likeness (QED) is 0.786. The molecule has 0 aliphatic heterocycles. The fourth-order valence-corrected chi connectivity index (χ4v) is 1.86. The molecular weight excluding hydrogens is 270 g/mol. The lowest BCUT2D eigenvalue weighted by atomic mass is 9.77. The van der Waals surface area contributed by atoms with Crippen LogP contribution in [0.2, 0.25) is 0 Å². The molecule has 2 atom stereocenters. The molecule has 1 nitrogen and oxygen atoms in total. The molecule has 0 amide bonds. The van der Waals surface area contributed by atoms with Crippen molar-refractivity contribution in [3.05, 3.63) is 35.1 Å². The molecular formula is C15H21F4N. The van der Waals surface area contributed by atoms with Gasteiger partial charge in [-0.25, -0.2) is 4.39 Å². The van der Waals surface area contributed by atoms with Gasteiger partial charge in [-0.1, -0.05) is 33.8 Å². The van der Waals surface area contributed by atoms with E-state index in [0.717, 1.165) is 12.1 Å². The first-order valence-corrected chi connectivity index (χ1v) is 6.55. The van der Waals surface area contributed by atoms with Crippen molar-refractivity contribution in [2.75, 3.05) is 0 Å². The third kappa shape index (κ3) is 4.20. The summed E-state index contributed by atoms with van der Waals surface area (Å²) in [7, 11) is 0. The van der Waals surface area contributed by atoms with Crippen LogP contribution in [0, 0.1) is 17.2 Å². The molecule has 0 aliphatic rings. The van der Waals surface area contributed by atoms with E-state index < -0.39 is 23.6 Å². The zero-order chi connectivity index (χ0) is 15.7. The van der Waals surface area contributed by atoms with Gasteiger partial charge in [0.25, 0.3) is 0 Å². The molecule has 0 fully saturated rings. The number of alkyl halides is 3. The molecule has 5 heteroatoms. The van der Waals surface area contributed by atoms with E-state index in [-0.39, 0.29) is 11.3 Å². The summed E-state index contributed by atoms with van der Waals surface area (Å²) in [5.74, 6) is -1.03. The fraction of sp³-hybridized carbons (Fsp3) is 0.600. The molecule has 1 rings (SSSR count). The topological polar surface area (TPSA) is 26.0 Å². The molecule has 0 radical (unpaired) electrons. The Morgan fingerprint density at radius 2 is 1.70 bits per heavy atom. The van der Waals surface area contributed by atoms with Gasteiger partial charge in [-0.3, -0.25) is 0 Å².